The topological polar surface area (TPSA) is 70.6 Å². The Balaban J connectivity index is 2.82. The van der Waals surface area contributed by atoms with Crippen LogP contribution in [0.4, 0.5) is 5.69 Å². The molecule has 0 aliphatic carbocycles. The average molecular weight is 252 g/mol. The molecular formula is C13H20N2O3. The zero-order valence-corrected chi connectivity index (χ0v) is 11.2. The SMILES string of the molecule is CCNC(C)(C)C(=O)Nc1ccc(OC)cc1O. The maximum absolute atomic E-state index is 12.0. The van der Waals surface area contributed by atoms with Crippen molar-refractivity contribution in [3.05, 3.63) is 18.2 Å². The number of benzene rings is 1. The second kappa shape index (κ2) is 5.73. The van der Waals surface area contributed by atoms with E-state index in [-0.39, 0.29) is 11.7 Å². The molecule has 0 bridgehead atoms. The molecular weight excluding hydrogens is 232 g/mol. The van der Waals surface area contributed by atoms with Crippen LogP contribution >= 0.6 is 0 Å². The molecule has 3 N–H and O–H groups in total. The third kappa shape index (κ3) is 3.37. The summed E-state index contributed by atoms with van der Waals surface area (Å²) in [6.45, 7) is 6.19. The molecule has 0 aromatic heterocycles. The van der Waals surface area contributed by atoms with Gasteiger partial charge in [0.1, 0.15) is 11.5 Å². The molecule has 0 fully saturated rings. The Hall–Kier alpha value is -1.75. The number of carbonyl (C=O) groups is 1. The van der Waals surface area contributed by atoms with Gasteiger partial charge in [0.15, 0.2) is 0 Å². The Labute approximate surface area is 107 Å². The summed E-state index contributed by atoms with van der Waals surface area (Å²) >= 11 is 0. The van der Waals surface area contributed by atoms with Crippen molar-refractivity contribution in [1.29, 1.82) is 0 Å². The molecule has 1 rings (SSSR count). The van der Waals surface area contributed by atoms with Crippen molar-refractivity contribution in [2.45, 2.75) is 26.3 Å². The number of phenolic OH excluding ortho intramolecular Hbond substituents is 1. The molecule has 0 radical (unpaired) electrons. The maximum atomic E-state index is 12.0. The Kier molecular flexibility index (Phi) is 4.55. The quantitative estimate of drug-likeness (QED) is 0.698. The van der Waals surface area contributed by atoms with Crippen molar-refractivity contribution in [2.24, 2.45) is 0 Å². The number of carbonyl (C=O) groups excluding carboxylic acids is 1. The van der Waals surface area contributed by atoms with Crippen LogP contribution in [0.3, 0.4) is 0 Å². The van der Waals surface area contributed by atoms with Crippen LogP contribution in [0.2, 0.25) is 0 Å². The van der Waals surface area contributed by atoms with Gasteiger partial charge in [0.25, 0.3) is 0 Å². The molecule has 1 aromatic carbocycles. The van der Waals surface area contributed by atoms with Gasteiger partial charge in [-0.15, -0.1) is 0 Å². The highest BCUT2D eigenvalue weighted by Crippen LogP contribution is 2.28. The van der Waals surface area contributed by atoms with E-state index in [2.05, 4.69) is 10.6 Å². The van der Waals surface area contributed by atoms with Gasteiger partial charge in [-0.3, -0.25) is 4.79 Å². The molecule has 1 aromatic rings. The number of amides is 1. The highest BCUT2D eigenvalue weighted by atomic mass is 16.5. The molecule has 0 atom stereocenters. The van der Waals surface area contributed by atoms with Crippen LogP contribution < -0.4 is 15.4 Å². The number of likely N-dealkylation sites (N-methyl/N-ethyl adjacent to an activating group) is 1. The van der Waals surface area contributed by atoms with Gasteiger partial charge in [-0.25, -0.2) is 0 Å². The third-order valence-electron chi connectivity index (χ3n) is 2.64. The highest BCUT2D eigenvalue weighted by Gasteiger charge is 2.26. The van der Waals surface area contributed by atoms with Gasteiger partial charge in [0.2, 0.25) is 5.91 Å². The average Bonchev–Trinajstić information content (AvgIpc) is 2.31. The lowest BCUT2D eigenvalue weighted by Crippen LogP contribution is -2.49. The number of methoxy groups -OCH3 is 1. The van der Waals surface area contributed by atoms with Crippen LogP contribution in [0.15, 0.2) is 18.2 Å². The summed E-state index contributed by atoms with van der Waals surface area (Å²) in [5.74, 6) is 0.316. The van der Waals surface area contributed by atoms with Gasteiger partial charge in [0, 0.05) is 6.07 Å². The maximum Gasteiger partial charge on any atom is 0.244 e. The van der Waals surface area contributed by atoms with Crippen molar-refractivity contribution in [3.63, 3.8) is 0 Å². The number of hydrogen-bond donors (Lipinski definition) is 3. The first-order chi connectivity index (χ1) is 8.40. The smallest absolute Gasteiger partial charge is 0.244 e. The number of ether oxygens (including phenoxy) is 1. The summed E-state index contributed by atoms with van der Waals surface area (Å²) < 4.78 is 4.98. The molecule has 5 heteroatoms. The predicted octanol–water partition coefficient (Wildman–Crippen LogP) is 1.73. The molecule has 0 unspecified atom stereocenters. The summed E-state index contributed by atoms with van der Waals surface area (Å²) in [4.78, 5) is 12.0. The Morgan fingerprint density at radius 1 is 1.44 bits per heavy atom. The normalized spacial score (nSPS) is 11.1. The van der Waals surface area contributed by atoms with Gasteiger partial charge in [-0.1, -0.05) is 6.92 Å². The molecule has 5 nitrogen and oxygen atoms in total. The van der Waals surface area contributed by atoms with Crippen LogP contribution in [0.5, 0.6) is 11.5 Å². The van der Waals surface area contributed by atoms with E-state index in [4.69, 9.17) is 4.74 Å². The van der Waals surface area contributed by atoms with Crippen LogP contribution in [0.25, 0.3) is 0 Å². The zero-order chi connectivity index (χ0) is 13.8. The van der Waals surface area contributed by atoms with Crippen molar-refractivity contribution >= 4 is 11.6 Å². The Morgan fingerprint density at radius 3 is 2.61 bits per heavy atom. The minimum Gasteiger partial charge on any atom is -0.506 e. The van der Waals surface area contributed by atoms with Crippen LogP contribution in [-0.2, 0) is 4.79 Å². The fraction of sp³-hybridized carbons (Fsp3) is 0.462. The second-order valence-electron chi connectivity index (χ2n) is 4.49. The minimum atomic E-state index is -0.693. The van der Waals surface area contributed by atoms with E-state index < -0.39 is 5.54 Å². The fourth-order valence-corrected chi connectivity index (χ4v) is 1.54. The summed E-state index contributed by atoms with van der Waals surface area (Å²) in [5, 5.41) is 15.5. The van der Waals surface area contributed by atoms with E-state index in [1.165, 1.54) is 13.2 Å². The third-order valence-corrected chi connectivity index (χ3v) is 2.64. The van der Waals surface area contributed by atoms with E-state index in [1.54, 1.807) is 26.0 Å². The van der Waals surface area contributed by atoms with Crippen LogP contribution in [-0.4, -0.2) is 30.2 Å². The van der Waals surface area contributed by atoms with Crippen molar-refractivity contribution < 1.29 is 14.6 Å². The van der Waals surface area contributed by atoms with Gasteiger partial charge >= 0.3 is 0 Å². The number of rotatable bonds is 5. The zero-order valence-electron chi connectivity index (χ0n) is 11.2. The highest BCUT2D eigenvalue weighted by molar-refractivity contribution is 5.98. The predicted molar refractivity (Wildman–Crippen MR) is 71.0 cm³/mol. The molecule has 0 spiro atoms. The van der Waals surface area contributed by atoms with Crippen LogP contribution in [0, 0.1) is 0 Å². The van der Waals surface area contributed by atoms with Gasteiger partial charge in [-0.2, -0.15) is 0 Å². The van der Waals surface area contributed by atoms with E-state index >= 15 is 0 Å². The molecule has 0 aliphatic rings. The Morgan fingerprint density at radius 2 is 2.11 bits per heavy atom. The first-order valence-corrected chi connectivity index (χ1v) is 5.84. The van der Waals surface area contributed by atoms with E-state index in [9.17, 15) is 9.90 Å². The summed E-state index contributed by atoms with van der Waals surface area (Å²) in [6.07, 6.45) is 0. The number of hydrogen-bond acceptors (Lipinski definition) is 4. The van der Waals surface area contributed by atoms with E-state index in [0.717, 1.165) is 0 Å². The number of aromatic hydroxyl groups is 1. The molecule has 100 valence electrons. The first kappa shape index (κ1) is 14.3. The number of anilines is 1. The van der Waals surface area contributed by atoms with Gasteiger partial charge < -0.3 is 20.5 Å². The molecule has 18 heavy (non-hydrogen) atoms. The Bertz CT molecular complexity index is 430. The van der Waals surface area contributed by atoms with Crippen LogP contribution in [0.1, 0.15) is 20.8 Å². The van der Waals surface area contributed by atoms with Gasteiger partial charge in [0.05, 0.1) is 18.3 Å². The molecule has 1 amide bonds. The summed E-state index contributed by atoms with van der Waals surface area (Å²) in [7, 11) is 1.52. The molecule has 0 saturated carbocycles. The van der Waals surface area contributed by atoms with E-state index in [1.807, 2.05) is 6.92 Å². The fourth-order valence-electron chi connectivity index (χ4n) is 1.54. The standard InChI is InChI=1S/C13H20N2O3/c1-5-14-13(2,3)12(17)15-10-7-6-9(18-4)8-11(10)16/h6-8,14,16H,5H2,1-4H3,(H,15,17). The second-order valence-corrected chi connectivity index (χ2v) is 4.49. The lowest BCUT2D eigenvalue weighted by Gasteiger charge is -2.24. The summed E-state index contributed by atoms with van der Waals surface area (Å²) in [6, 6.07) is 4.74. The largest absolute Gasteiger partial charge is 0.506 e. The monoisotopic (exact) mass is 252 g/mol. The van der Waals surface area contributed by atoms with E-state index in [0.29, 0.717) is 18.0 Å². The molecule has 0 heterocycles. The minimum absolute atomic E-state index is 0.0185. The number of nitrogens with one attached hydrogen (secondary N) is 2. The summed E-state index contributed by atoms with van der Waals surface area (Å²) in [5.41, 5.74) is -0.326. The van der Waals surface area contributed by atoms with Crippen molar-refractivity contribution in [3.8, 4) is 11.5 Å². The first-order valence-electron chi connectivity index (χ1n) is 5.84. The van der Waals surface area contributed by atoms with Crippen molar-refractivity contribution in [2.75, 3.05) is 19.0 Å². The lowest BCUT2D eigenvalue weighted by molar-refractivity contribution is -0.121. The van der Waals surface area contributed by atoms with Gasteiger partial charge in [-0.05, 0) is 32.5 Å². The lowest BCUT2D eigenvalue weighted by atomic mass is 10.0. The van der Waals surface area contributed by atoms with Crippen molar-refractivity contribution in [1.82, 2.24) is 5.32 Å². The molecule has 0 aliphatic heterocycles. The number of phenols is 1. The molecule has 0 saturated heterocycles.